The van der Waals surface area contributed by atoms with Gasteiger partial charge in [-0.25, -0.2) is 8.42 Å². The van der Waals surface area contributed by atoms with E-state index in [4.69, 9.17) is 4.74 Å². The van der Waals surface area contributed by atoms with Crippen LogP contribution in [0, 0.1) is 0 Å². The van der Waals surface area contributed by atoms with E-state index in [1.165, 1.54) is 42.2 Å². The summed E-state index contributed by atoms with van der Waals surface area (Å²) in [6, 6.07) is 6.85. The number of aliphatic imine (C=N–C) groups is 1. The Labute approximate surface area is 198 Å². The molecule has 1 fully saturated rings. The van der Waals surface area contributed by atoms with Crippen LogP contribution in [-0.4, -0.2) is 51.7 Å². The molecule has 8 heteroatoms. The third kappa shape index (κ3) is 6.09. The highest BCUT2D eigenvalue weighted by Gasteiger charge is 2.42. The number of hydrogen-bond acceptors (Lipinski definition) is 4. The molecular formula is C22H36IN3O3S. The number of guanidine groups is 1. The van der Waals surface area contributed by atoms with Crippen molar-refractivity contribution in [2.45, 2.75) is 63.2 Å². The Bertz CT molecular complexity index is 836. The number of ether oxygens (including phenoxy) is 1. The first-order valence-electron chi connectivity index (χ1n) is 10.8. The first-order chi connectivity index (χ1) is 13.8. The van der Waals surface area contributed by atoms with Crippen LogP contribution < -0.4 is 10.6 Å². The fraction of sp³-hybridized carbons (Fsp3) is 0.682. The lowest BCUT2D eigenvalue weighted by Gasteiger charge is -2.34. The van der Waals surface area contributed by atoms with Crippen LogP contribution >= 0.6 is 24.0 Å². The highest BCUT2D eigenvalue weighted by molar-refractivity contribution is 14.0. The standard InChI is InChI=1S/C22H35N3O3S.HI/c1-4-23-21(24-16-22(29(3,26)27)11-13-28-14-12-22)25-17(2)19-10-9-18-7-5-6-8-20(18)15-19;/h9-10,15,17H,4-8,11-14,16H2,1-3H3,(H2,23,24,25);1H. The van der Waals surface area contributed by atoms with Crippen LogP contribution in [0.2, 0.25) is 0 Å². The summed E-state index contributed by atoms with van der Waals surface area (Å²) in [7, 11) is -3.23. The molecule has 1 unspecified atom stereocenters. The maximum absolute atomic E-state index is 12.5. The van der Waals surface area contributed by atoms with Crippen LogP contribution in [-0.2, 0) is 27.4 Å². The first-order valence-corrected chi connectivity index (χ1v) is 12.7. The predicted molar refractivity (Wildman–Crippen MR) is 134 cm³/mol. The molecule has 1 atom stereocenters. The number of benzene rings is 1. The number of sulfone groups is 1. The van der Waals surface area contributed by atoms with Gasteiger partial charge in [-0.15, -0.1) is 24.0 Å². The Balaban J connectivity index is 0.00000320. The summed E-state index contributed by atoms with van der Waals surface area (Å²) >= 11 is 0. The second-order valence-electron chi connectivity index (χ2n) is 8.36. The summed E-state index contributed by atoms with van der Waals surface area (Å²) in [4.78, 5) is 4.69. The monoisotopic (exact) mass is 549 g/mol. The average molecular weight is 550 g/mol. The Kier molecular flexibility index (Phi) is 9.42. The van der Waals surface area contributed by atoms with Gasteiger partial charge < -0.3 is 15.4 Å². The Morgan fingerprint density at radius 2 is 1.87 bits per heavy atom. The van der Waals surface area contributed by atoms with Crippen molar-refractivity contribution in [2.75, 3.05) is 32.6 Å². The molecule has 0 saturated carbocycles. The normalized spacial score (nSPS) is 19.9. The topological polar surface area (TPSA) is 79.8 Å². The molecule has 0 radical (unpaired) electrons. The van der Waals surface area contributed by atoms with Gasteiger partial charge in [-0.1, -0.05) is 18.2 Å². The fourth-order valence-electron chi connectivity index (χ4n) is 4.24. The number of halogens is 1. The molecular weight excluding hydrogens is 513 g/mol. The van der Waals surface area contributed by atoms with E-state index in [2.05, 4.69) is 40.7 Å². The van der Waals surface area contributed by atoms with E-state index in [9.17, 15) is 8.42 Å². The molecule has 170 valence electrons. The van der Waals surface area contributed by atoms with E-state index in [0.717, 1.165) is 13.0 Å². The van der Waals surface area contributed by atoms with Crippen LogP contribution in [0.15, 0.2) is 23.2 Å². The van der Waals surface area contributed by atoms with Crippen LogP contribution in [0.4, 0.5) is 0 Å². The summed E-state index contributed by atoms with van der Waals surface area (Å²) in [6.07, 6.45) is 7.19. The van der Waals surface area contributed by atoms with Crippen molar-refractivity contribution in [1.29, 1.82) is 0 Å². The molecule has 1 aromatic carbocycles. The van der Waals surface area contributed by atoms with Gasteiger partial charge in [-0.2, -0.15) is 0 Å². The number of nitrogens with zero attached hydrogens (tertiary/aromatic N) is 1. The summed E-state index contributed by atoms with van der Waals surface area (Å²) in [5.74, 6) is 0.659. The third-order valence-corrected chi connectivity index (χ3v) is 8.40. The molecule has 0 aromatic heterocycles. The largest absolute Gasteiger partial charge is 0.381 e. The Morgan fingerprint density at radius 1 is 1.20 bits per heavy atom. The SMILES string of the molecule is CCNC(=NCC1(S(C)(=O)=O)CCOCC1)NC(C)c1ccc2c(c1)CCCC2.I. The van der Waals surface area contributed by atoms with Gasteiger partial charge in [0.25, 0.3) is 0 Å². The molecule has 1 aromatic rings. The zero-order valence-corrected chi connectivity index (χ0v) is 21.5. The Hall–Kier alpha value is -0.870. The van der Waals surface area contributed by atoms with Crippen LogP contribution in [0.3, 0.4) is 0 Å². The van der Waals surface area contributed by atoms with E-state index in [1.807, 2.05) is 6.92 Å². The number of aryl methyl sites for hydroxylation is 2. The van der Waals surface area contributed by atoms with Gasteiger partial charge in [-0.3, -0.25) is 4.99 Å². The van der Waals surface area contributed by atoms with Crippen molar-refractivity contribution in [3.63, 3.8) is 0 Å². The van der Waals surface area contributed by atoms with Crippen molar-refractivity contribution in [3.05, 3.63) is 34.9 Å². The molecule has 3 rings (SSSR count). The molecule has 1 heterocycles. The van der Waals surface area contributed by atoms with Gasteiger partial charge in [0.05, 0.1) is 17.3 Å². The zero-order valence-electron chi connectivity index (χ0n) is 18.4. The van der Waals surface area contributed by atoms with E-state index < -0.39 is 14.6 Å². The molecule has 2 aliphatic rings. The minimum Gasteiger partial charge on any atom is -0.381 e. The molecule has 1 aliphatic heterocycles. The van der Waals surface area contributed by atoms with E-state index in [1.54, 1.807) is 0 Å². The minimum absolute atomic E-state index is 0. The maximum Gasteiger partial charge on any atom is 0.191 e. The summed E-state index contributed by atoms with van der Waals surface area (Å²) < 4.78 is 29.6. The lowest BCUT2D eigenvalue weighted by atomic mass is 9.89. The van der Waals surface area contributed by atoms with Crippen LogP contribution in [0.1, 0.15) is 62.3 Å². The second kappa shape index (κ2) is 11.1. The predicted octanol–water partition coefficient (Wildman–Crippen LogP) is 3.39. The number of nitrogens with one attached hydrogen (secondary N) is 2. The Morgan fingerprint density at radius 3 is 2.50 bits per heavy atom. The molecule has 0 spiro atoms. The van der Waals surface area contributed by atoms with Gasteiger partial charge in [0.2, 0.25) is 0 Å². The number of hydrogen-bond donors (Lipinski definition) is 2. The number of rotatable bonds is 6. The van der Waals surface area contributed by atoms with Crippen LogP contribution in [0.25, 0.3) is 0 Å². The van der Waals surface area contributed by atoms with Crippen LogP contribution in [0.5, 0.6) is 0 Å². The van der Waals surface area contributed by atoms with Crippen molar-refractivity contribution >= 4 is 39.8 Å². The van der Waals surface area contributed by atoms with Gasteiger partial charge in [0.15, 0.2) is 15.8 Å². The van der Waals surface area contributed by atoms with E-state index >= 15 is 0 Å². The number of fused-ring (bicyclic) bond motifs is 1. The molecule has 0 amide bonds. The van der Waals surface area contributed by atoms with Crippen molar-refractivity contribution in [1.82, 2.24) is 10.6 Å². The minimum atomic E-state index is -3.23. The highest BCUT2D eigenvalue weighted by atomic mass is 127. The molecule has 1 aliphatic carbocycles. The second-order valence-corrected chi connectivity index (χ2v) is 10.8. The summed E-state index contributed by atoms with van der Waals surface area (Å²) in [5.41, 5.74) is 4.17. The smallest absolute Gasteiger partial charge is 0.191 e. The van der Waals surface area contributed by atoms with Gasteiger partial charge in [0, 0.05) is 26.0 Å². The maximum atomic E-state index is 12.5. The summed E-state index contributed by atoms with van der Waals surface area (Å²) in [5, 5.41) is 6.73. The van der Waals surface area contributed by atoms with Gasteiger partial charge >= 0.3 is 0 Å². The fourth-order valence-corrected chi connectivity index (χ4v) is 5.45. The molecule has 1 saturated heterocycles. The average Bonchev–Trinajstić information content (AvgIpc) is 2.71. The zero-order chi connectivity index (χ0) is 20.9. The molecule has 0 bridgehead atoms. The quantitative estimate of drug-likeness (QED) is 0.323. The lowest BCUT2D eigenvalue weighted by Crippen LogP contribution is -2.47. The van der Waals surface area contributed by atoms with E-state index in [-0.39, 0.29) is 36.6 Å². The lowest BCUT2D eigenvalue weighted by molar-refractivity contribution is 0.0768. The van der Waals surface area contributed by atoms with Crippen molar-refractivity contribution in [2.24, 2.45) is 4.99 Å². The van der Waals surface area contributed by atoms with Crippen molar-refractivity contribution in [3.8, 4) is 0 Å². The molecule has 6 nitrogen and oxygen atoms in total. The van der Waals surface area contributed by atoms with Crippen molar-refractivity contribution < 1.29 is 13.2 Å². The van der Waals surface area contributed by atoms with E-state index in [0.29, 0.717) is 32.0 Å². The third-order valence-electron chi connectivity index (χ3n) is 6.29. The first kappa shape index (κ1) is 25.4. The molecule has 30 heavy (non-hydrogen) atoms. The molecule has 2 N–H and O–H groups in total. The summed E-state index contributed by atoms with van der Waals surface area (Å²) in [6.45, 7) is 6.05. The van der Waals surface area contributed by atoms with Gasteiger partial charge in [-0.05, 0) is 69.1 Å². The van der Waals surface area contributed by atoms with Gasteiger partial charge in [0.1, 0.15) is 0 Å². The highest BCUT2D eigenvalue weighted by Crippen LogP contribution is 2.30.